The standard InChI is InChI=1S/C21H30IN3O3/c1-6-28-21(27)18-19(22)25-13-16(7-8-17(25)23-18)20(26)24(11-9-14(2)3)12-10-15(4)5/h7-8,13-15H,6,9-12H2,1-5H3. The molecule has 2 aromatic heterocycles. The predicted octanol–water partition coefficient (Wildman–Crippen LogP) is 4.65. The molecular weight excluding hydrogens is 469 g/mol. The molecule has 1 amide bonds. The lowest BCUT2D eigenvalue weighted by Gasteiger charge is -2.24. The molecule has 0 N–H and O–H groups in total. The van der Waals surface area contributed by atoms with Crippen LogP contribution in [0.25, 0.3) is 5.65 Å². The third kappa shape index (κ3) is 5.68. The van der Waals surface area contributed by atoms with E-state index < -0.39 is 5.97 Å². The fourth-order valence-electron chi connectivity index (χ4n) is 2.80. The minimum atomic E-state index is -0.445. The fraction of sp³-hybridized carbons (Fsp3) is 0.571. The summed E-state index contributed by atoms with van der Waals surface area (Å²) in [5.41, 5.74) is 1.51. The summed E-state index contributed by atoms with van der Waals surface area (Å²) >= 11 is 2.07. The first-order valence-electron chi connectivity index (χ1n) is 9.88. The van der Waals surface area contributed by atoms with E-state index in [0.717, 1.165) is 25.9 Å². The molecule has 154 valence electrons. The van der Waals surface area contributed by atoms with Gasteiger partial charge in [0, 0.05) is 19.3 Å². The second kappa shape index (κ2) is 10.2. The SMILES string of the molecule is CCOC(=O)c1nc2ccc(C(=O)N(CCC(C)C)CCC(C)C)cn2c1I. The van der Waals surface area contributed by atoms with E-state index in [1.54, 1.807) is 29.7 Å². The van der Waals surface area contributed by atoms with Gasteiger partial charge in [0.25, 0.3) is 5.91 Å². The lowest BCUT2D eigenvalue weighted by Crippen LogP contribution is -2.34. The summed E-state index contributed by atoms with van der Waals surface area (Å²) in [6, 6.07) is 3.56. The van der Waals surface area contributed by atoms with Gasteiger partial charge >= 0.3 is 5.97 Å². The largest absolute Gasteiger partial charge is 0.461 e. The Morgan fingerprint density at radius 3 is 2.29 bits per heavy atom. The highest BCUT2D eigenvalue weighted by molar-refractivity contribution is 14.1. The number of nitrogens with zero attached hydrogens (tertiary/aromatic N) is 3. The van der Waals surface area contributed by atoms with Crippen LogP contribution in [0.15, 0.2) is 18.3 Å². The number of ether oxygens (including phenoxy) is 1. The molecule has 2 aromatic rings. The molecule has 7 heteroatoms. The molecule has 0 aliphatic carbocycles. The van der Waals surface area contributed by atoms with Crippen LogP contribution in [0.2, 0.25) is 0 Å². The molecule has 0 aromatic carbocycles. The molecule has 0 fully saturated rings. The number of esters is 1. The molecule has 0 saturated carbocycles. The van der Waals surface area contributed by atoms with E-state index in [9.17, 15) is 9.59 Å². The van der Waals surface area contributed by atoms with Gasteiger partial charge in [0.15, 0.2) is 5.69 Å². The van der Waals surface area contributed by atoms with Crippen molar-refractivity contribution >= 4 is 40.1 Å². The average molecular weight is 499 g/mol. The van der Waals surface area contributed by atoms with Crippen molar-refractivity contribution in [2.45, 2.75) is 47.5 Å². The number of hydrogen-bond donors (Lipinski definition) is 0. The van der Waals surface area contributed by atoms with Crippen LogP contribution in [-0.4, -0.2) is 45.9 Å². The normalized spacial score (nSPS) is 11.4. The van der Waals surface area contributed by atoms with Gasteiger partial charge in [-0.3, -0.25) is 9.20 Å². The van der Waals surface area contributed by atoms with E-state index in [2.05, 4.69) is 55.3 Å². The van der Waals surface area contributed by atoms with Gasteiger partial charge < -0.3 is 9.64 Å². The van der Waals surface area contributed by atoms with Crippen LogP contribution >= 0.6 is 22.6 Å². The van der Waals surface area contributed by atoms with E-state index >= 15 is 0 Å². The van der Waals surface area contributed by atoms with Gasteiger partial charge in [0.1, 0.15) is 9.35 Å². The molecule has 6 nitrogen and oxygen atoms in total. The maximum Gasteiger partial charge on any atom is 0.359 e. The minimum Gasteiger partial charge on any atom is -0.461 e. The lowest BCUT2D eigenvalue weighted by atomic mass is 10.1. The third-order valence-electron chi connectivity index (χ3n) is 4.52. The van der Waals surface area contributed by atoms with Crippen molar-refractivity contribution in [3.8, 4) is 0 Å². The quantitative estimate of drug-likeness (QED) is 0.372. The zero-order chi connectivity index (χ0) is 20.8. The highest BCUT2D eigenvalue weighted by Gasteiger charge is 2.21. The summed E-state index contributed by atoms with van der Waals surface area (Å²) in [4.78, 5) is 31.5. The number of carbonyl (C=O) groups excluding carboxylic acids is 2. The van der Waals surface area contributed by atoms with Gasteiger partial charge in [0.2, 0.25) is 0 Å². The first-order chi connectivity index (χ1) is 13.2. The molecule has 0 saturated heterocycles. The number of rotatable bonds is 9. The number of aromatic nitrogens is 2. The molecular formula is C21H30IN3O3. The Morgan fingerprint density at radius 2 is 1.75 bits per heavy atom. The second-order valence-electron chi connectivity index (χ2n) is 7.77. The van der Waals surface area contributed by atoms with Crippen LogP contribution < -0.4 is 0 Å². The predicted molar refractivity (Wildman–Crippen MR) is 119 cm³/mol. The minimum absolute atomic E-state index is 0.0189. The highest BCUT2D eigenvalue weighted by atomic mass is 127. The van der Waals surface area contributed by atoms with Crippen molar-refractivity contribution in [1.29, 1.82) is 0 Å². The molecule has 0 aliphatic rings. The van der Waals surface area contributed by atoms with Crippen molar-refractivity contribution in [2.24, 2.45) is 11.8 Å². The van der Waals surface area contributed by atoms with Gasteiger partial charge in [-0.1, -0.05) is 27.7 Å². The highest BCUT2D eigenvalue weighted by Crippen LogP contribution is 2.19. The Balaban J connectivity index is 2.31. The molecule has 2 rings (SSSR count). The van der Waals surface area contributed by atoms with Crippen LogP contribution in [0.1, 0.15) is 68.3 Å². The van der Waals surface area contributed by atoms with Crippen LogP contribution in [0, 0.1) is 15.5 Å². The monoisotopic (exact) mass is 499 g/mol. The number of amides is 1. The summed E-state index contributed by atoms with van der Waals surface area (Å²) in [5.74, 6) is 0.654. The van der Waals surface area contributed by atoms with E-state index in [-0.39, 0.29) is 11.6 Å². The zero-order valence-corrected chi connectivity index (χ0v) is 19.5. The maximum absolute atomic E-state index is 13.2. The molecule has 0 spiro atoms. The molecule has 0 radical (unpaired) electrons. The van der Waals surface area contributed by atoms with Crippen molar-refractivity contribution in [3.05, 3.63) is 33.3 Å². The first-order valence-corrected chi connectivity index (χ1v) is 11.0. The summed E-state index contributed by atoms with van der Waals surface area (Å²) in [7, 11) is 0. The topological polar surface area (TPSA) is 63.9 Å². The van der Waals surface area contributed by atoms with Crippen LogP contribution in [0.5, 0.6) is 0 Å². The maximum atomic E-state index is 13.2. The van der Waals surface area contributed by atoms with Crippen molar-refractivity contribution in [2.75, 3.05) is 19.7 Å². The molecule has 0 bridgehead atoms. The second-order valence-corrected chi connectivity index (χ2v) is 8.80. The Bertz CT molecular complexity index is 818. The Kier molecular flexibility index (Phi) is 8.27. The Hall–Kier alpha value is -1.64. The summed E-state index contributed by atoms with van der Waals surface area (Å²) in [6.07, 6.45) is 3.72. The fourth-order valence-corrected chi connectivity index (χ4v) is 3.52. The van der Waals surface area contributed by atoms with E-state index in [4.69, 9.17) is 4.74 Å². The van der Waals surface area contributed by atoms with Crippen molar-refractivity contribution in [3.63, 3.8) is 0 Å². The Morgan fingerprint density at radius 1 is 1.14 bits per heavy atom. The van der Waals surface area contributed by atoms with Gasteiger partial charge in [-0.25, -0.2) is 9.78 Å². The van der Waals surface area contributed by atoms with Crippen LogP contribution in [-0.2, 0) is 4.74 Å². The van der Waals surface area contributed by atoms with Gasteiger partial charge in [-0.15, -0.1) is 0 Å². The Labute approximate surface area is 180 Å². The smallest absolute Gasteiger partial charge is 0.359 e. The average Bonchev–Trinajstić information content (AvgIpc) is 2.97. The summed E-state index contributed by atoms with van der Waals surface area (Å²) in [5, 5.41) is 0. The van der Waals surface area contributed by atoms with E-state index in [0.29, 0.717) is 33.4 Å². The number of pyridine rings is 1. The summed E-state index contributed by atoms with van der Waals surface area (Å²) < 4.78 is 7.50. The zero-order valence-electron chi connectivity index (χ0n) is 17.4. The number of fused-ring (bicyclic) bond motifs is 1. The third-order valence-corrected chi connectivity index (χ3v) is 5.55. The van der Waals surface area contributed by atoms with Crippen molar-refractivity contribution in [1.82, 2.24) is 14.3 Å². The molecule has 0 unspecified atom stereocenters. The number of halogens is 1. The van der Waals surface area contributed by atoms with Crippen LogP contribution in [0.4, 0.5) is 0 Å². The van der Waals surface area contributed by atoms with Gasteiger partial charge in [-0.2, -0.15) is 0 Å². The molecule has 0 atom stereocenters. The number of carbonyl (C=O) groups is 2. The molecule has 28 heavy (non-hydrogen) atoms. The van der Waals surface area contributed by atoms with E-state index in [1.807, 2.05) is 4.90 Å². The lowest BCUT2D eigenvalue weighted by molar-refractivity contribution is 0.0518. The molecule has 0 aliphatic heterocycles. The van der Waals surface area contributed by atoms with Gasteiger partial charge in [0.05, 0.1) is 12.2 Å². The van der Waals surface area contributed by atoms with Crippen molar-refractivity contribution < 1.29 is 14.3 Å². The summed E-state index contributed by atoms with van der Waals surface area (Å²) in [6.45, 7) is 12.2. The molecule has 2 heterocycles. The van der Waals surface area contributed by atoms with Crippen LogP contribution in [0.3, 0.4) is 0 Å². The van der Waals surface area contributed by atoms with E-state index in [1.165, 1.54) is 0 Å². The number of imidazole rings is 1. The van der Waals surface area contributed by atoms with Gasteiger partial charge in [-0.05, 0) is 66.3 Å². The first kappa shape index (κ1) is 22.6. The number of hydrogen-bond acceptors (Lipinski definition) is 4.